The van der Waals surface area contributed by atoms with E-state index < -0.39 is 0 Å². The lowest BCUT2D eigenvalue weighted by Crippen LogP contribution is -2.50. The highest BCUT2D eigenvalue weighted by atomic mass is 79.9. The highest BCUT2D eigenvalue weighted by Gasteiger charge is 2.27. The number of pyridine rings is 1. The van der Waals surface area contributed by atoms with Gasteiger partial charge in [0.2, 0.25) is 5.91 Å². The van der Waals surface area contributed by atoms with Crippen LogP contribution in [0.1, 0.15) is 36.0 Å². The summed E-state index contributed by atoms with van der Waals surface area (Å²) < 4.78 is 0.947. The first-order valence-corrected chi connectivity index (χ1v) is 12.3. The second-order valence-electron chi connectivity index (χ2n) is 8.75. The lowest BCUT2D eigenvalue weighted by Gasteiger charge is -2.39. The van der Waals surface area contributed by atoms with Crippen LogP contribution in [0.3, 0.4) is 0 Å². The van der Waals surface area contributed by atoms with Gasteiger partial charge in [0.1, 0.15) is 5.82 Å². The number of likely N-dealkylation sites (tertiary alicyclic amines) is 1. The predicted molar refractivity (Wildman–Crippen MR) is 130 cm³/mol. The average Bonchev–Trinajstić information content (AvgIpc) is 2.84. The molecule has 7 heteroatoms. The van der Waals surface area contributed by atoms with Crippen molar-refractivity contribution >= 4 is 33.4 Å². The number of carbonyl (C=O) groups excluding carboxylic acids is 2. The Labute approximate surface area is 198 Å². The second-order valence-corrected chi connectivity index (χ2v) is 9.67. The molecule has 2 aliphatic rings. The van der Waals surface area contributed by atoms with E-state index in [0.717, 1.165) is 62.5 Å². The maximum Gasteiger partial charge on any atom is 0.223 e. The van der Waals surface area contributed by atoms with Crippen molar-refractivity contribution in [3.8, 4) is 0 Å². The van der Waals surface area contributed by atoms with E-state index in [2.05, 4.69) is 36.8 Å². The van der Waals surface area contributed by atoms with Crippen LogP contribution in [0.5, 0.6) is 0 Å². The standard InChI is InChI=1S/C25H31BrN4O2/c26-22-8-6-21(7-9-22)23(31)10-11-25(32)30-13-3-4-20(19-30)18-28-14-16-29(17-15-28)24-5-1-2-12-27-24/h1-2,5-9,12,20H,3-4,10-11,13-19H2. The van der Waals surface area contributed by atoms with Crippen molar-refractivity contribution < 1.29 is 9.59 Å². The van der Waals surface area contributed by atoms with Gasteiger partial charge in [0.05, 0.1) is 0 Å². The van der Waals surface area contributed by atoms with Gasteiger partial charge in [-0.3, -0.25) is 14.5 Å². The van der Waals surface area contributed by atoms with Crippen molar-refractivity contribution in [1.29, 1.82) is 0 Å². The summed E-state index contributed by atoms with van der Waals surface area (Å²) in [5, 5.41) is 0. The van der Waals surface area contributed by atoms with Crippen molar-refractivity contribution in [3.05, 3.63) is 58.7 Å². The number of carbonyl (C=O) groups is 2. The van der Waals surface area contributed by atoms with Gasteiger partial charge in [0, 0.05) is 74.9 Å². The topological polar surface area (TPSA) is 56.8 Å². The van der Waals surface area contributed by atoms with E-state index in [4.69, 9.17) is 0 Å². The number of hydrogen-bond acceptors (Lipinski definition) is 5. The van der Waals surface area contributed by atoms with Crippen LogP contribution in [-0.4, -0.2) is 72.3 Å². The first-order chi connectivity index (χ1) is 15.6. The van der Waals surface area contributed by atoms with Crippen LogP contribution < -0.4 is 4.90 Å². The molecular formula is C25H31BrN4O2. The summed E-state index contributed by atoms with van der Waals surface area (Å²) in [5.74, 6) is 1.71. The summed E-state index contributed by atoms with van der Waals surface area (Å²) in [7, 11) is 0. The van der Waals surface area contributed by atoms with Gasteiger partial charge in [0.15, 0.2) is 5.78 Å². The van der Waals surface area contributed by atoms with E-state index in [1.54, 1.807) is 12.1 Å². The molecule has 0 radical (unpaired) electrons. The van der Waals surface area contributed by atoms with Crippen LogP contribution in [0.15, 0.2) is 53.1 Å². The Bertz CT molecular complexity index is 898. The molecule has 4 rings (SSSR count). The molecule has 2 aliphatic heterocycles. The third-order valence-corrected chi connectivity index (χ3v) is 6.99. The van der Waals surface area contributed by atoms with Crippen LogP contribution in [0.25, 0.3) is 0 Å². The number of hydrogen-bond donors (Lipinski definition) is 0. The van der Waals surface area contributed by atoms with Gasteiger partial charge in [-0.05, 0) is 43.0 Å². The molecule has 2 saturated heterocycles. The molecule has 0 N–H and O–H groups in total. The summed E-state index contributed by atoms with van der Waals surface area (Å²) in [4.78, 5) is 36.5. The fourth-order valence-electron chi connectivity index (χ4n) is 4.66. The monoisotopic (exact) mass is 498 g/mol. The Morgan fingerprint density at radius 3 is 2.47 bits per heavy atom. The molecule has 1 atom stereocenters. The maximum atomic E-state index is 12.8. The van der Waals surface area contributed by atoms with Crippen LogP contribution in [0.4, 0.5) is 5.82 Å². The molecule has 2 fully saturated rings. The van der Waals surface area contributed by atoms with Crippen molar-refractivity contribution in [3.63, 3.8) is 0 Å². The zero-order valence-electron chi connectivity index (χ0n) is 18.5. The number of aromatic nitrogens is 1. The molecule has 6 nitrogen and oxygen atoms in total. The number of nitrogens with zero attached hydrogens (tertiary/aromatic N) is 4. The largest absolute Gasteiger partial charge is 0.354 e. The van der Waals surface area contributed by atoms with E-state index in [9.17, 15) is 9.59 Å². The minimum atomic E-state index is 0.0326. The van der Waals surface area contributed by atoms with Crippen LogP contribution in [0.2, 0.25) is 0 Å². The van der Waals surface area contributed by atoms with Crippen molar-refractivity contribution in [2.45, 2.75) is 25.7 Å². The SMILES string of the molecule is O=C(CCC(=O)N1CCCC(CN2CCN(c3ccccn3)CC2)C1)c1ccc(Br)cc1. The molecule has 0 saturated carbocycles. The number of ketones is 1. The minimum Gasteiger partial charge on any atom is -0.354 e. The third kappa shape index (κ3) is 6.17. The highest BCUT2D eigenvalue weighted by molar-refractivity contribution is 9.10. The van der Waals surface area contributed by atoms with Crippen molar-refractivity contribution in [1.82, 2.24) is 14.8 Å². The van der Waals surface area contributed by atoms with Gasteiger partial charge in [-0.15, -0.1) is 0 Å². The van der Waals surface area contributed by atoms with Crippen molar-refractivity contribution in [2.75, 3.05) is 50.7 Å². The zero-order chi connectivity index (χ0) is 22.3. The molecule has 1 unspecified atom stereocenters. The number of halogens is 1. The van der Waals surface area contributed by atoms with Crippen LogP contribution in [-0.2, 0) is 4.79 Å². The Hall–Kier alpha value is -2.25. The molecule has 1 aromatic heterocycles. The second kappa shape index (κ2) is 11.1. The third-order valence-electron chi connectivity index (χ3n) is 6.47. The number of rotatable bonds is 7. The molecule has 0 bridgehead atoms. The van der Waals surface area contributed by atoms with Gasteiger partial charge < -0.3 is 9.80 Å². The van der Waals surface area contributed by atoms with Crippen LogP contribution >= 0.6 is 15.9 Å². The summed E-state index contributed by atoms with van der Waals surface area (Å²) in [6.45, 7) is 6.71. The van der Waals surface area contributed by atoms with E-state index >= 15 is 0 Å². The minimum absolute atomic E-state index is 0.0326. The Morgan fingerprint density at radius 2 is 1.75 bits per heavy atom. The van der Waals surface area contributed by atoms with Crippen LogP contribution in [0, 0.1) is 5.92 Å². The Kier molecular flexibility index (Phi) is 7.92. The maximum absolute atomic E-state index is 12.8. The normalized spacial score (nSPS) is 19.7. The summed E-state index contributed by atoms with van der Waals surface area (Å²) in [6, 6.07) is 13.4. The molecule has 2 aromatic rings. The van der Waals surface area contributed by atoms with E-state index in [1.165, 1.54) is 6.42 Å². The number of amides is 1. The molecule has 0 aliphatic carbocycles. The molecule has 170 valence electrons. The first-order valence-electron chi connectivity index (χ1n) is 11.5. The Balaban J connectivity index is 1.21. The molecular weight excluding hydrogens is 468 g/mol. The highest BCUT2D eigenvalue weighted by Crippen LogP contribution is 2.21. The van der Waals surface area contributed by atoms with Gasteiger partial charge >= 0.3 is 0 Å². The molecule has 1 amide bonds. The fraction of sp³-hybridized carbons (Fsp3) is 0.480. The van der Waals surface area contributed by atoms with E-state index in [-0.39, 0.29) is 18.1 Å². The van der Waals surface area contributed by atoms with Crippen molar-refractivity contribution in [2.24, 2.45) is 5.92 Å². The quantitative estimate of drug-likeness (QED) is 0.542. The molecule has 0 spiro atoms. The lowest BCUT2D eigenvalue weighted by molar-refractivity contribution is -0.133. The van der Waals surface area contributed by atoms with E-state index in [0.29, 0.717) is 17.9 Å². The van der Waals surface area contributed by atoms with E-state index in [1.807, 2.05) is 35.4 Å². The molecule has 32 heavy (non-hydrogen) atoms. The number of benzene rings is 1. The van der Waals surface area contributed by atoms with Gasteiger partial charge in [-0.25, -0.2) is 4.98 Å². The lowest BCUT2D eigenvalue weighted by atomic mass is 9.96. The summed E-state index contributed by atoms with van der Waals surface area (Å²) >= 11 is 3.38. The summed E-state index contributed by atoms with van der Waals surface area (Å²) in [5.41, 5.74) is 0.669. The number of piperazine rings is 1. The van der Waals surface area contributed by atoms with Gasteiger partial charge in [-0.2, -0.15) is 0 Å². The first kappa shape index (κ1) is 22.9. The number of piperidine rings is 1. The Morgan fingerprint density at radius 1 is 0.969 bits per heavy atom. The zero-order valence-corrected chi connectivity index (χ0v) is 20.0. The number of anilines is 1. The van der Waals surface area contributed by atoms with Gasteiger partial charge in [-0.1, -0.05) is 34.1 Å². The predicted octanol–water partition coefficient (Wildman–Crippen LogP) is 3.87. The molecule has 3 heterocycles. The van der Waals surface area contributed by atoms with Gasteiger partial charge in [0.25, 0.3) is 0 Å². The average molecular weight is 499 g/mol. The molecule has 1 aromatic carbocycles. The smallest absolute Gasteiger partial charge is 0.223 e. The summed E-state index contributed by atoms with van der Waals surface area (Å²) in [6.07, 6.45) is 4.64. The fourth-order valence-corrected chi connectivity index (χ4v) is 4.93. The number of Topliss-reactive ketones (excluding diaryl/α,β-unsaturated/α-hetero) is 1.